The fourth-order valence-electron chi connectivity index (χ4n) is 3.26. The number of methoxy groups -OCH3 is 1. The number of ether oxygens (including phenoxy) is 2. The van der Waals surface area contributed by atoms with Crippen molar-refractivity contribution < 1.29 is 23.9 Å². The molecule has 1 N–H and O–H groups in total. The van der Waals surface area contributed by atoms with E-state index < -0.39 is 18.0 Å². The largest absolute Gasteiger partial charge is 0.465 e. The fraction of sp³-hybridized carbons (Fsp3) is 0.261. The number of esters is 2. The minimum Gasteiger partial charge on any atom is -0.465 e. The molecule has 0 unspecified atom stereocenters. The van der Waals surface area contributed by atoms with E-state index >= 15 is 0 Å². The van der Waals surface area contributed by atoms with E-state index in [1.54, 1.807) is 38.2 Å². The third-order valence-corrected chi connectivity index (χ3v) is 5.11. The van der Waals surface area contributed by atoms with E-state index in [0.717, 1.165) is 5.56 Å². The zero-order valence-corrected chi connectivity index (χ0v) is 17.2. The lowest BCUT2D eigenvalue weighted by atomic mass is 9.94. The maximum atomic E-state index is 12.9. The Balaban J connectivity index is 1.81. The van der Waals surface area contributed by atoms with Crippen LogP contribution in [0.25, 0.3) is 0 Å². The maximum Gasteiger partial charge on any atom is 0.338 e. The molecule has 2 amide bonds. The number of nitrogens with one attached hydrogen (secondary N) is 1. The van der Waals surface area contributed by atoms with Gasteiger partial charge in [0.1, 0.15) is 0 Å². The minimum absolute atomic E-state index is 0.227. The lowest BCUT2D eigenvalue weighted by Crippen LogP contribution is -2.46. The van der Waals surface area contributed by atoms with Crippen LogP contribution in [0.5, 0.6) is 0 Å². The van der Waals surface area contributed by atoms with Crippen LogP contribution in [0.2, 0.25) is 0 Å². The molecule has 1 aliphatic rings. The molecule has 3 rings (SSSR count). The number of carbonyl (C=O) groups is 3. The number of amides is 2. The molecule has 2 aromatic rings. The molecule has 0 bridgehead atoms. The van der Waals surface area contributed by atoms with E-state index in [-0.39, 0.29) is 12.6 Å². The van der Waals surface area contributed by atoms with Crippen molar-refractivity contribution in [3.63, 3.8) is 0 Å². The SMILES string of the molecule is COC(=O)c1ccc([C@@H]2NC(=O)N(C)C(C)=C2C(=O)OCCc2ccccc2)cc1. The van der Waals surface area contributed by atoms with E-state index in [1.165, 1.54) is 12.0 Å². The van der Waals surface area contributed by atoms with Crippen LogP contribution in [0.1, 0.15) is 34.5 Å². The van der Waals surface area contributed by atoms with Gasteiger partial charge < -0.3 is 19.7 Å². The van der Waals surface area contributed by atoms with Gasteiger partial charge in [-0.05, 0) is 30.2 Å². The Hall–Kier alpha value is -3.61. The molecule has 0 saturated heterocycles. The molecule has 1 aliphatic heterocycles. The highest BCUT2D eigenvalue weighted by Crippen LogP contribution is 2.31. The van der Waals surface area contributed by atoms with Crippen molar-refractivity contribution >= 4 is 18.0 Å². The lowest BCUT2D eigenvalue weighted by molar-refractivity contribution is -0.139. The predicted molar refractivity (Wildman–Crippen MR) is 111 cm³/mol. The molecule has 0 aromatic heterocycles. The molecule has 2 aromatic carbocycles. The first-order valence-electron chi connectivity index (χ1n) is 9.56. The third-order valence-electron chi connectivity index (χ3n) is 5.11. The van der Waals surface area contributed by atoms with E-state index in [4.69, 9.17) is 9.47 Å². The first-order valence-corrected chi connectivity index (χ1v) is 9.56. The zero-order valence-electron chi connectivity index (χ0n) is 17.2. The lowest BCUT2D eigenvalue weighted by Gasteiger charge is -2.33. The normalized spacial score (nSPS) is 16.2. The van der Waals surface area contributed by atoms with Gasteiger partial charge in [0, 0.05) is 19.2 Å². The highest BCUT2D eigenvalue weighted by molar-refractivity contribution is 5.95. The van der Waals surface area contributed by atoms with Crippen molar-refractivity contribution in [3.05, 3.63) is 82.6 Å². The summed E-state index contributed by atoms with van der Waals surface area (Å²) in [6.45, 7) is 1.94. The Morgan fingerprint density at radius 2 is 1.70 bits per heavy atom. The van der Waals surface area contributed by atoms with Gasteiger partial charge in [0.25, 0.3) is 0 Å². The van der Waals surface area contributed by atoms with Crippen LogP contribution in [-0.4, -0.2) is 43.6 Å². The number of carbonyl (C=O) groups excluding carboxylic acids is 3. The molecular formula is C23H24N2O5. The Kier molecular flexibility index (Phi) is 6.51. The standard InChI is InChI=1S/C23H24N2O5/c1-15-19(22(27)30-14-13-16-7-5-4-6-8-16)20(24-23(28)25(15)2)17-9-11-18(12-10-17)21(26)29-3/h4-12,20H,13-14H2,1-3H3,(H,24,28)/t20-/m0/s1. The molecule has 7 heteroatoms. The third kappa shape index (κ3) is 4.51. The number of allylic oxidation sites excluding steroid dienone is 1. The molecular weight excluding hydrogens is 384 g/mol. The van der Waals surface area contributed by atoms with Crippen molar-refractivity contribution in [2.45, 2.75) is 19.4 Å². The zero-order chi connectivity index (χ0) is 21.7. The van der Waals surface area contributed by atoms with Gasteiger partial charge in [-0.1, -0.05) is 42.5 Å². The van der Waals surface area contributed by atoms with Gasteiger partial charge in [-0.15, -0.1) is 0 Å². The van der Waals surface area contributed by atoms with Crippen LogP contribution < -0.4 is 5.32 Å². The molecule has 1 atom stereocenters. The van der Waals surface area contributed by atoms with Crippen LogP contribution in [-0.2, 0) is 20.7 Å². The summed E-state index contributed by atoms with van der Waals surface area (Å²) in [7, 11) is 2.90. The van der Waals surface area contributed by atoms with Crippen molar-refractivity contribution in [1.82, 2.24) is 10.2 Å². The highest BCUT2D eigenvalue weighted by atomic mass is 16.5. The average Bonchev–Trinajstić information content (AvgIpc) is 2.77. The first-order chi connectivity index (χ1) is 14.4. The molecule has 0 saturated carbocycles. The van der Waals surface area contributed by atoms with Gasteiger partial charge >= 0.3 is 18.0 Å². The van der Waals surface area contributed by atoms with Crippen molar-refractivity contribution in [3.8, 4) is 0 Å². The molecule has 7 nitrogen and oxygen atoms in total. The van der Waals surface area contributed by atoms with E-state index in [9.17, 15) is 14.4 Å². The van der Waals surface area contributed by atoms with Crippen LogP contribution in [0.3, 0.4) is 0 Å². The Morgan fingerprint density at radius 1 is 1.03 bits per heavy atom. The van der Waals surface area contributed by atoms with Gasteiger partial charge in [0.2, 0.25) is 0 Å². The second-order valence-electron chi connectivity index (χ2n) is 6.93. The number of benzene rings is 2. The fourth-order valence-corrected chi connectivity index (χ4v) is 3.26. The molecule has 30 heavy (non-hydrogen) atoms. The summed E-state index contributed by atoms with van der Waals surface area (Å²) in [6.07, 6.45) is 0.597. The molecule has 1 heterocycles. The summed E-state index contributed by atoms with van der Waals surface area (Å²) in [5.74, 6) is -0.946. The van der Waals surface area contributed by atoms with Crippen molar-refractivity contribution in [2.24, 2.45) is 0 Å². The van der Waals surface area contributed by atoms with Gasteiger partial charge in [-0.3, -0.25) is 0 Å². The smallest absolute Gasteiger partial charge is 0.338 e. The summed E-state index contributed by atoms with van der Waals surface area (Å²) in [5.41, 5.74) is 2.99. The summed E-state index contributed by atoms with van der Waals surface area (Å²) in [5, 5.41) is 2.83. The topological polar surface area (TPSA) is 84.9 Å². The van der Waals surface area contributed by atoms with Crippen molar-refractivity contribution in [1.29, 1.82) is 0 Å². The second kappa shape index (κ2) is 9.26. The van der Waals surface area contributed by atoms with E-state index in [2.05, 4.69) is 5.32 Å². The number of urea groups is 1. The quantitative estimate of drug-likeness (QED) is 0.742. The first kappa shape index (κ1) is 21.1. The average molecular weight is 408 g/mol. The predicted octanol–water partition coefficient (Wildman–Crippen LogP) is 3.23. The van der Waals surface area contributed by atoms with Crippen LogP contribution >= 0.6 is 0 Å². The number of rotatable bonds is 6. The van der Waals surface area contributed by atoms with Crippen LogP contribution in [0.15, 0.2) is 65.9 Å². The van der Waals surface area contributed by atoms with Crippen molar-refractivity contribution in [2.75, 3.05) is 20.8 Å². The Morgan fingerprint density at radius 3 is 2.33 bits per heavy atom. The molecule has 156 valence electrons. The molecule has 0 radical (unpaired) electrons. The van der Waals surface area contributed by atoms with Gasteiger partial charge in [0.05, 0.1) is 30.9 Å². The number of nitrogens with zero attached hydrogens (tertiary/aromatic N) is 1. The molecule has 0 spiro atoms. The Labute approximate surface area is 175 Å². The minimum atomic E-state index is -0.676. The maximum absolute atomic E-state index is 12.9. The molecule has 0 aliphatic carbocycles. The van der Waals surface area contributed by atoms with Gasteiger partial charge in [0.15, 0.2) is 0 Å². The second-order valence-corrected chi connectivity index (χ2v) is 6.93. The molecule has 0 fully saturated rings. The summed E-state index contributed by atoms with van der Waals surface area (Å²) in [6, 6.07) is 15.3. The van der Waals surface area contributed by atoms with Crippen LogP contribution in [0.4, 0.5) is 4.79 Å². The number of hydrogen-bond donors (Lipinski definition) is 1. The summed E-state index contributed by atoms with van der Waals surface area (Å²) < 4.78 is 10.2. The van der Waals surface area contributed by atoms with E-state index in [1.807, 2.05) is 30.3 Å². The van der Waals surface area contributed by atoms with Crippen LogP contribution in [0, 0.1) is 0 Å². The van der Waals surface area contributed by atoms with E-state index in [0.29, 0.717) is 28.8 Å². The summed E-state index contributed by atoms with van der Waals surface area (Å²) >= 11 is 0. The van der Waals surface area contributed by atoms with Gasteiger partial charge in [-0.2, -0.15) is 0 Å². The number of hydrogen-bond acceptors (Lipinski definition) is 5. The Bertz CT molecular complexity index is 967. The van der Waals surface area contributed by atoms with Gasteiger partial charge in [-0.25, -0.2) is 14.4 Å². The monoisotopic (exact) mass is 408 g/mol. The summed E-state index contributed by atoms with van der Waals surface area (Å²) in [4.78, 5) is 38.3. The highest BCUT2D eigenvalue weighted by Gasteiger charge is 2.35.